The number of allylic oxidation sites excluding steroid dienone is 1. The van der Waals surface area contributed by atoms with E-state index in [1.54, 1.807) is 34.8 Å². The Kier molecular flexibility index (Phi) is 43.1. The van der Waals surface area contributed by atoms with Gasteiger partial charge in [-0.2, -0.15) is 0 Å². The molecule has 0 aromatic heterocycles. The molecule has 0 aliphatic rings. The molecule has 0 heterocycles. The van der Waals surface area contributed by atoms with Crippen molar-refractivity contribution in [2.45, 2.75) is 262 Å². The monoisotopic (exact) mass is 1320 g/mol. The molecule has 0 bridgehead atoms. The molecular formula is C57H111Br5O8. The zero-order valence-electron chi connectivity index (χ0n) is 50.3. The summed E-state index contributed by atoms with van der Waals surface area (Å²) in [6.07, 6.45) is 9.97. The highest BCUT2D eigenvalue weighted by Crippen LogP contribution is 2.36. The van der Waals surface area contributed by atoms with Crippen LogP contribution in [0.25, 0.3) is 0 Å². The second-order valence-corrected chi connectivity index (χ2v) is 36.0. The summed E-state index contributed by atoms with van der Waals surface area (Å²) in [6.45, 7) is 59.7. The van der Waals surface area contributed by atoms with Crippen molar-refractivity contribution in [3.05, 3.63) is 12.2 Å². The molecule has 0 aromatic rings. The maximum absolute atomic E-state index is 12.0. The van der Waals surface area contributed by atoms with Crippen molar-refractivity contribution in [2.75, 3.05) is 33.5 Å². The van der Waals surface area contributed by atoms with E-state index in [-0.39, 0.29) is 31.2 Å². The van der Waals surface area contributed by atoms with Crippen molar-refractivity contribution in [3.8, 4) is 0 Å². The minimum absolute atomic E-state index is 0.0278. The number of esters is 3. The standard InChI is InChI=1S/2C15H29BrO2.C11H21BrO2.C8H18O.C4H6Br2O.C4H8/c2*1-13(2,3)9-8-10-18-12(17)14(4,5)11-15(6,7)16;1-10(2,3)7-6-8-14-9(13)11(4,5)12;1-8(2,3)6-5-7-9-4;1-4(2,6)3(5)7;1-4(2)3/h2*8-11H2,1-7H3;6-8H2,1-5H3;5-7H2,1-4H3;1-2H3;1H2,2-3H3. The summed E-state index contributed by atoms with van der Waals surface area (Å²) in [6, 6.07) is 0. The van der Waals surface area contributed by atoms with Crippen molar-refractivity contribution in [1.82, 2.24) is 0 Å². The van der Waals surface area contributed by atoms with Crippen LogP contribution in [-0.4, -0.2) is 73.4 Å². The molecule has 0 amide bonds. The van der Waals surface area contributed by atoms with E-state index in [1.165, 1.54) is 18.4 Å². The van der Waals surface area contributed by atoms with Gasteiger partial charge in [0.15, 0.2) is 0 Å². The van der Waals surface area contributed by atoms with Crippen molar-refractivity contribution in [1.29, 1.82) is 0 Å². The Morgan fingerprint density at radius 2 is 0.600 bits per heavy atom. The summed E-state index contributed by atoms with van der Waals surface area (Å²) in [5, 5.41) is 0. The lowest BCUT2D eigenvalue weighted by Crippen LogP contribution is -2.32. The van der Waals surface area contributed by atoms with E-state index in [4.69, 9.17) is 18.9 Å². The van der Waals surface area contributed by atoms with E-state index in [9.17, 15) is 19.2 Å². The molecule has 0 aliphatic carbocycles. The lowest BCUT2D eigenvalue weighted by Gasteiger charge is -2.29. The van der Waals surface area contributed by atoms with Gasteiger partial charge < -0.3 is 18.9 Å². The zero-order chi connectivity index (χ0) is 57.6. The molecule has 70 heavy (non-hydrogen) atoms. The van der Waals surface area contributed by atoms with Crippen molar-refractivity contribution < 1.29 is 38.1 Å². The Labute approximate surface area is 476 Å². The lowest BCUT2D eigenvalue weighted by molar-refractivity contribution is -0.155. The van der Waals surface area contributed by atoms with Crippen LogP contribution < -0.4 is 0 Å². The van der Waals surface area contributed by atoms with Crippen LogP contribution in [-0.2, 0) is 38.1 Å². The summed E-state index contributed by atoms with van der Waals surface area (Å²) in [5.41, 5.74) is 1.69. The fourth-order valence-corrected chi connectivity index (χ4v) is 7.37. The normalized spacial score (nSPS) is 12.6. The minimum atomic E-state index is -0.561. The predicted molar refractivity (Wildman–Crippen MR) is 323 cm³/mol. The van der Waals surface area contributed by atoms with Crippen LogP contribution in [0.3, 0.4) is 0 Å². The van der Waals surface area contributed by atoms with Gasteiger partial charge >= 0.3 is 17.9 Å². The van der Waals surface area contributed by atoms with Crippen LogP contribution in [0.1, 0.15) is 244 Å². The highest BCUT2D eigenvalue weighted by molar-refractivity contribution is 9.20. The average molecular weight is 1320 g/mol. The molecule has 0 atom stereocenters. The predicted octanol–water partition coefficient (Wildman–Crippen LogP) is 19.5. The van der Waals surface area contributed by atoms with E-state index in [1.807, 2.05) is 41.5 Å². The summed E-state index contributed by atoms with van der Waals surface area (Å²) >= 11 is 16.4. The first-order valence-corrected chi connectivity index (χ1v) is 29.1. The first kappa shape index (κ1) is 81.5. The molecule has 0 radical (unpaired) electrons. The quantitative estimate of drug-likeness (QED) is 0.0296. The third kappa shape index (κ3) is 70.3. The van der Waals surface area contributed by atoms with Gasteiger partial charge in [-0.1, -0.05) is 180 Å². The summed E-state index contributed by atoms with van der Waals surface area (Å²) < 4.78 is 19.8. The zero-order valence-corrected chi connectivity index (χ0v) is 58.2. The third-order valence-electron chi connectivity index (χ3n) is 8.97. The fourth-order valence-electron chi connectivity index (χ4n) is 5.86. The van der Waals surface area contributed by atoms with E-state index in [0.29, 0.717) is 41.5 Å². The number of alkyl halides is 4. The number of ether oxygens (including phenoxy) is 4. The van der Waals surface area contributed by atoms with Gasteiger partial charge in [-0.05, 0) is 171 Å². The molecular weight excluding hydrogens is 1210 g/mol. The van der Waals surface area contributed by atoms with Gasteiger partial charge in [0.25, 0.3) is 0 Å². The number of carbonyl (C=O) groups excluding carboxylic acids is 4. The second-order valence-electron chi connectivity index (χ2n) is 27.0. The molecule has 0 unspecified atom stereocenters. The van der Waals surface area contributed by atoms with Gasteiger partial charge in [-0.3, -0.25) is 19.2 Å². The Balaban J connectivity index is -0.000000185. The van der Waals surface area contributed by atoms with Crippen LogP contribution in [0.5, 0.6) is 0 Å². The molecule has 0 N–H and O–H groups in total. The smallest absolute Gasteiger partial charge is 0.322 e. The molecule has 0 spiro atoms. The van der Waals surface area contributed by atoms with Gasteiger partial charge in [-0.15, -0.1) is 6.58 Å². The highest BCUT2D eigenvalue weighted by atomic mass is 79.9. The Morgan fingerprint density at radius 1 is 0.400 bits per heavy atom. The number of halogens is 5. The number of rotatable bonds is 20. The maximum Gasteiger partial charge on any atom is 0.322 e. The average Bonchev–Trinajstić information content (AvgIpc) is 3.06. The molecule has 0 saturated heterocycles. The molecule has 0 rings (SSSR count). The van der Waals surface area contributed by atoms with Gasteiger partial charge in [0, 0.05) is 22.4 Å². The number of hydrogen-bond donors (Lipinski definition) is 0. The number of methoxy groups -OCH3 is 1. The first-order valence-electron chi connectivity index (χ1n) is 25.1. The summed E-state index contributed by atoms with van der Waals surface area (Å²) in [5.74, 6) is -0.376. The number of hydrogen-bond acceptors (Lipinski definition) is 8. The molecule has 0 aromatic carbocycles. The molecule has 0 saturated carbocycles. The summed E-state index contributed by atoms with van der Waals surface area (Å²) in [7, 11) is 1.75. The Hall–Kier alpha value is 0.180. The van der Waals surface area contributed by atoms with E-state index < -0.39 is 19.5 Å². The second kappa shape index (κ2) is 37.0. The molecule has 13 heteroatoms. The molecule has 422 valence electrons. The van der Waals surface area contributed by atoms with Gasteiger partial charge in [0.2, 0.25) is 4.69 Å². The van der Waals surface area contributed by atoms with E-state index in [0.717, 1.165) is 58.0 Å². The first-order chi connectivity index (χ1) is 30.5. The minimum Gasteiger partial charge on any atom is -0.465 e. The fraction of sp³-hybridized carbons (Fsp3) is 0.895. The highest BCUT2D eigenvalue weighted by Gasteiger charge is 2.36. The maximum atomic E-state index is 12.0. The topological polar surface area (TPSA) is 105 Å². The van der Waals surface area contributed by atoms with E-state index in [2.05, 4.69) is 197 Å². The van der Waals surface area contributed by atoms with Crippen LogP contribution in [0.4, 0.5) is 0 Å². The third-order valence-corrected chi connectivity index (χ3v) is 11.7. The van der Waals surface area contributed by atoms with Gasteiger partial charge in [-0.25, -0.2) is 0 Å². The molecule has 0 aliphatic heterocycles. The van der Waals surface area contributed by atoms with Crippen molar-refractivity contribution in [3.63, 3.8) is 0 Å². The van der Waals surface area contributed by atoms with Gasteiger partial charge in [0.1, 0.15) is 4.32 Å². The van der Waals surface area contributed by atoms with Crippen LogP contribution in [0, 0.1) is 32.5 Å². The van der Waals surface area contributed by atoms with Crippen molar-refractivity contribution >= 4 is 102 Å². The van der Waals surface area contributed by atoms with Crippen LogP contribution in [0.2, 0.25) is 0 Å². The molecule has 0 fully saturated rings. The Bertz CT molecular complexity index is 1350. The molecule has 8 nitrogen and oxygen atoms in total. The van der Waals surface area contributed by atoms with Crippen LogP contribution >= 0.6 is 79.6 Å². The SMILES string of the molecule is C=C(C)C.CC(C)(Br)C(=O)Br.CC(C)(C)CCCOC(=O)C(C)(C)Br.CC(C)(C)CCCOC(=O)C(C)(C)CC(C)(C)Br.CC(C)(C)CCCOC(=O)C(C)(C)CC(C)(C)Br.COCCCC(C)(C)C. The largest absolute Gasteiger partial charge is 0.465 e. The van der Waals surface area contributed by atoms with Gasteiger partial charge in [0.05, 0.1) is 35.0 Å². The lowest BCUT2D eigenvalue weighted by atomic mass is 9.84. The van der Waals surface area contributed by atoms with Crippen molar-refractivity contribution in [2.24, 2.45) is 32.5 Å². The number of carbonyl (C=O) groups is 4. The summed E-state index contributed by atoms with van der Waals surface area (Å²) in [4.78, 5) is 45.7. The van der Waals surface area contributed by atoms with Crippen LogP contribution in [0.15, 0.2) is 12.2 Å². The Morgan fingerprint density at radius 3 is 0.757 bits per heavy atom. The van der Waals surface area contributed by atoms with E-state index >= 15 is 0 Å².